The Morgan fingerprint density at radius 1 is 1.08 bits per heavy atom. The number of ether oxygens (including phenoxy) is 2. The third-order valence-electron chi connectivity index (χ3n) is 6.53. The highest BCUT2D eigenvalue weighted by Crippen LogP contribution is 2.38. The molecule has 39 heavy (non-hydrogen) atoms. The number of nitrogens with zero attached hydrogens (tertiary/aromatic N) is 3. The molecule has 0 radical (unpaired) electrons. The van der Waals surface area contributed by atoms with E-state index in [1.165, 1.54) is 18.5 Å². The molecule has 2 aromatic heterocycles. The normalized spacial score (nSPS) is 13.6. The highest BCUT2D eigenvalue weighted by molar-refractivity contribution is 7.25. The molecule has 0 atom stereocenters. The Kier molecular flexibility index (Phi) is 7.28. The van der Waals surface area contributed by atoms with Crippen LogP contribution in [0.15, 0.2) is 67.0 Å². The van der Waals surface area contributed by atoms with Crippen molar-refractivity contribution in [1.29, 1.82) is 0 Å². The van der Waals surface area contributed by atoms with Crippen LogP contribution in [0.25, 0.3) is 20.3 Å². The van der Waals surface area contributed by atoms with Gasteiger partial charge in [-0.1, -0.05) is 35.9 Å². The van der Waals surface area contributed by atoms with Crippen LogP contribution in [0.2, 0.25) is 5.02 Å². The van der Waals surface area contributed by atoms with Gasteiger partial charge in [0, 0.05) is 28.9 Å². The highest BCUT2D eigenvalue weighted by atomic mass is 35.5. The minimum atomic E-state index is -0.309. The second-order valence-electron chi connectivity index (χ2n) is 9.19. The fourth-order valence-electron chi connectivity index (χ4n) is 4.58. The summed E-state index contributed by atoms with van der Waals surface area (Å²) in [4.78, 5) is 24.4. The second-order valence-corrected chi connectivity index (χ2v) is 10.6. The van der Waals surface area contributed by atoms with E-state index in [-0.39, 0.29) is 18.3 Å². The largest absolute Gasteiger partial charge is 0.487 e. The molecule has 1 amide bonds. The first-order valence-electron chi connectivity index (χ1n) is 12.5. The number of carbonyl (C=O) groups excluding carboxylic acids is 1. The molecule has 6 rings (SSSR count). The molecule has 1 saturated heterocycles. The van der Waals surface area contributed by atoms with Gasteiger partial charge in [0.2, 0.25) is 5.91 Å². The Labute approximate surface area is 233 Å². The number of morpholine rings is 1. The van der Waals surface area contributed by atoms with E-state index in [1.807, 2.05) is 23.1 Å². The van der Waals surface area contributed by atoms with Gasteiger partial charge in [-0.25, -0.2) is 14.4 Å². The van der Waals surface area contributed by atoms with Gasteiger partial charge in [0.05, 0.1) is 30.0 Å². The third-order valence-corrected chi connectivity index (χ3v) is 7.89. The minimum absolute atomic E-state index is 0.112. The summed E-state index contributed by atoms with van der Waals surface area (Å²) in [6.45, 7) is 2.66. The quantitative estimate of drug-likeness (QED) is 0.249. The van der Waals surface area contributed by atoms with E-state index >= 15 is 0 Å². The fraction of sp³-hybridized carbons (Fsp3) is 0.207. The van der Waals surface area contributed by atoms with E-state index in [0.717, 1.165) is 37.1 Å². The summed E-state index contributed by atoms with van der Waals surface area (Å²) in [5, 5.41) is 5.70. The summed E-state index contributed by atoms with van der Waals surface area (Å²) in [5.41, 5.74) is 2.42. The van der Waals surface area contributed by atoms with Gasteiger partial charge < -0.3 is 19.7 Å². The zero-order valence-corrected chi connectivity index (χ0v) is 22.4. The number of rotatable bonds is 7. The van der Waals surface area contributed by atoms with Gasteiger partial charge in [0.1, 0.15) is 35.1 Å². The molecule has 1 aliphatic heterocycles. The van der Waals surface area contributed by atoms with Crippen LogP contribution in [0.3, 0.4) is 0 Å². The molecule has 5 aromatic rings. The average molecular weight is 563 g/mol. The van der Waals surface area contributed by atoms with Crippen molar-refractivity contribution in [3.63, 3.8) is 0 Å². The standard InChI is InChI=1S/C29H24ClFN4O3S/c30-23-15-21(5-7-24(23)38-16-19-2-1-3-20(31)12-19)34-28-27-22-6-4-18(13-25(22)39-29(27)33-17-32-28)14-26(36)35-8-10-37-11-9-35/h1-7,12-13,15,17H,8-11,14,16H2,(H,32,33,34). The lowest BCUT2D eigenvalue weighted by atomic mass is 10.1. The summed E-state index contributed by atoms with van der Waals surface area (Å²) in [6, 6.07) is 17.7. The summed E-state index contributed by atoms with van der Waals surface area (Å²) in [5.74, 6) is 0.963. The van der Waals surface area contributed by atoms with Crippen molar-refractivity contribution in [2.45, 2.75) is 13.0 Å². The average Bonchev–Trinajstić information content (AvgIpc) is 3.32. The van der Waals surface area contributed by atoms with E-state index in [0.29, 0.717) is 49.3 Å². The first kappa shape index (κ1) is 25.5. The number of hydrogen-bond acceptors (Lipinski definition) is 7. The topological polar surface area (TPSA) is 76.6 Å². The minimum Gasteiger partial charge on any atom is -0.487 e. The number of amides is 1. The van der Waals surface area contributed by atoms with Crippen LogP contribution in [-0.2, 0) is 22.6 Å². The van der Waals surface area contributed by atoms with Crippen molar-refractivity contribution in [3.8, 4) is 5.75 Å². The molecule has 1 aliphatic rings. The number of fused-ring (bicyclic) bond motifs is 3. The van der Waals surface area contributed by atoms with E-state index in [2.05, 4.69) is 21.4 Å². The molecule has 1 N–H and O–H groups in total. The molecule has 7 nitrogen and oxygen atoms in total. The van der Waals surface area contributed by atoms with Gasteiger partial charge in [-0.3, -0.25) is 4.79 Å². The lowest BCUT2D eigenvalue weighted by Crippen LogP contribution is -2.41. The van der Waals surface area contributed by atoms with Crippen molar-refractivity contribution in [3.05, 3.63) is 89.0 Å². The number of aromatic nitrogens is 2. The van der Waals surface area contributed by atoms with Crippen LogP contribution in [0.5, 0.6) is 5.75 Å². The Morgan fingerprint density at radius 3 is 2.77 bits per heavy atom. The predicted octanol–water partition coefficient (Wildman–Crippen LogP) is 6.36. The predicted molar refractivity (Wildman–Crippen MR) is 151 cm³/mol. The fourth-order valence-corrected chi connectivity index (χ4v) is 5.92. The third kappa shape index (κ3) is 5.66. The Bertz CT molecular complexity index is 1670. The van der Waals surface area contributed by atoms with Crippen LogP contribution in [-0.4, -0.2) is 47.1 Å². The van der Waals surface area contributed by atoms with Crippen molar-refractivity contribution in [2.75, 3.05) is 31.6 Å². The number of thiophene rings is 1. The Morgan fingerprint density at radius 2 is 1.95 bits per heavy atom. The van der Waals surface area contributed by atoms with Crippen LogP contribution in [0.4, 0.5) is 15.9 Å². The molecule has 10 heteroatoms. The molecule has 1 fully saturated rings. The lowest BCUT2D eigenvalue weighted by molar-refractivity contribution is -0.134. The smallest absolute Gasteiger partial charge is 0.227 e. The monoisotopic (exact) mass is 562 g/mol. The van der Waals surface area contributed by atoms with Crippen LogP contribution in [0.1, 0.15) is 11.1 Å². The van der Waals surface area contributed by atoms with Crippen molar-refractivity contribution >= 4 is 60.7 Å². The highest BCUT2D eigenvalue weighted by Gasteiger charge is 2.18. The Balaban J connectivity index is 1.21. The number of halogens is 2. The molecular weight excluding hydrogens is 539 g/mol. The number of anilines is 2. The maximum absolute atomic E-state index is 13.4. The van der Waals surface area contributed by atoms with E-state index < -0.39 is 0 Å². The number of hydrogen-bond donors (Lipinski definition) is 1. The van der Waals surface area contributed by atoms with Crippen molar-refractivity contribution in [2.24, 2.45) is 0 Å². The zero-order valence-electron chi connectivity index (χ0n) is 20.8. The number of nitrogens with one attached hydrogen (secondary N) is 1. The molecule has 3 heterocycles. The SMILES string of the molecule is O=C(Cc1ccc2c(c1)sc1ncnc(Nc3ccc(OCc4cccc(F)c4)c(Cl)c3)c12)N1CCOCC1. The molecule has 0 spiro atoms. The van der Waals surface area contributed by atoms with Crippen molar-refractivity contribution < 1.29 is 18.7 Å². The maximum atomic E-state index is 13.4. The molecule has 198 valence electrons. The van der Waals surface area contributed by atoms with Crippen LogP contribution in [0, 0.1) is 5.82 Å². The molecular formula is C29H24ClFN4O3S. The van der Waals surface area contributed by atoms with Gasteiger partial charge in [0.25, 0.3) is 0 Å². The summed E-state index contributed by atoms with van der Waals surface area (Å²) in [7, 11) is 0. The van der Waals surface area contributed by atoms with Gasteiger partial charge in [-0.2, -0.15) is 0 Å². The second kappa shape index (κ2) is 11.1. The summed E-state index contributed by atoms with van der Waals surface area (Å²) < 4.78 is 25.6. The van der Waals surface area contributed by atoms with E-state index in [9.17, 15) is 9.18 Å². The first-order chi connectivity index (χ1) is 19.0. The van der Waals surface area contributed by atoms with Gasteiger partial charge >= 0.3 is 0 Å². The van der Waals surface area contributed by atoms with Crippen LogP contribution >= 0.6 is 22.9 Å². The van der Waals surface area contributed by atoms with Gasteiger partial charge in [-0.05, 0) is 47.5 Å². The molecule has 0 saturated carbocycles. The molecule has 0 aliphatic carbocycles. The maximum Gasteiger partial charge on any atom is 0.227 e. The summed E-state index contributed by atoms with van der Waals surface area (Å²) in [6.07, 6.45) is 1.88. The molecule has 3 aromatic carbocycles. The van der Waals surface area contributed by atoms with Crippen LogP contribution < -0.4 is 10.1 Å². The lowest BCUT2D eigenvalue weighted by Gasteiger charge is -2.26. The number of benzene rings is 3. The summed E-state index contributed by atoms with van der Waals surface area (Å²) >= 11 is 8.06. The van der Waals surface area contributed by atoms with Gasteiger partial charge in [-0.15, -0.1) is 11.3 Å². The molecule has 0 unspecified atom stereocenters. The first-order valence-corrected chi connectivity index (χ1v) is 13.7. The van der Waals surface area contributed by atoms with E-state index in [4.69, 9.17) is 21.1 Å². The van der Waals surface area contributed by atoms with E-state index in [1.54, 1.807) is 35.6 Å². The van der Waals surface area contributed by atoms with Gasteiger partial charge in [0.15, 0.2) is 0 Å². The Hall–Kier alpha value is -3.79. The molecule has 0 bridgehead atoms. The zero-order chi connectivity index (χ0) is 26.8. The number of carbonyl (C=O) groups is 1. The van der Waals surface area contributed by atoms with Crippen molar-refractivity contribution in [1.82, 2.24) is 14.9 Å².